The SMILES string of the molecule is CCCCc1ccc(-c2nc(C)c(C(=O)NCC(O)CO)s2)cc1. The molecule has 24 heavy (non-hydrogen) atoms. The van der Waals surface area contributed by atoms with E-state index in [1.165, 1.54) is 29.7 Å². The third-order valence-electron chi connectivity index (χ3n) is 3.73. The largest absolute Gasteiger partial charge is 0.394 e. The molecule has 0 spiro atoms. The van der Waals surface area contributed by atoms with Crippen LogP contribution in [0.3, 0.4) is 0 Å². The van der Waals surface area contributed by atoms with Crippen LogP contribution >= 0.6 is 11.3 Å². The van der Waals surface area contributed by atoms with Crippen LogP contribution in [0.2, 0.25) is 0 Å². The molecule has 0 fully saturated rings. The molecule has 130 valence electrons. The smallest absolute Gasteiger partial charge is 0.263 e. The van der Waals surface area contributed by atoms with E-state index in [0.717, 1.165) is 17.0 Å². The van der Waals surface area contributed by atoms with Crippen molar-refractivity contribution < 1.29 is 15.0 Å². The van der Waals surface area contributed by atoms with E-state index < -0.39 is 6.10 Å². The van der Waals surface area contributed by atoms with Crippen molar-refractivity contribution >= 4 is 17.2 Å². The van der Waals surface area contributed by atoms with Crippen molar-refractivity contribution in [2.75, 3.05) is 13.2 Å². The number of amides is 1. The number of benzene rings is 1. The van der Waals surface area contributed by atoms with Gasteiger partial charge >= 0.3 is 0 Å². The Morgan fingerprint density at radius 3 is 2.67 bits per heavy atom. The molecule has 1 unspecified atom stereocenters. The Morgan fingerprint density at radius 1 is 1.33 bits per heavy atom. The quantitative estimate of drug-likeness (QED) is 0.685. The Labute approximate surface area is 146 Å². The van der Waals surface area contributed by atoms with Gasteiger partial charge in [-0.15, -0.1) is 11.3 Å². The van der Waals surface area contributed by atoms with Gasteiger partial charge in [-0.25, -0.2) is 4.98 Å². The maximum atomic E-state index is 12.2. The number of aliphatic hydroxyl groups excluding tert-OH is 2. The summed E-state index contributed by atoms with van der Waals surface area (Å²) in [5, 5.41) is 21.5. The van der Waals surface area contributed by atoms with Gasteiger partial charge in [-0.1, -0.05) is 37.6 Å². The first-order valence-corrected chi connectivity index (χ1v) is 9.00. The van der Waals surface area contributed by atoms with Gasteiger partial charge in [-0.2, -0.15) is 0 Å². The molecule has 1 amide bonds. The second kappa shape index (κ2) is 8.92. The predicted octanol–water partition coefficient (Wildman–Crippen LogP) is 2.54. The molecule has 0 aliphatic carbocycles. The van der Waals surface area contributed by atoms with Crippen molar-refractivity contribution in [2.45, 2.75) is 39.2 Å². The second-order valence-corrected chi connectivity index (χ2v) is 6.78. The number of aromatic nitrogens is 1. The first-order valence-electron chi connectivity index (χ1n) is 8.19. The summed E-state index contributed by atoms with van der Waals surface area (Å²) in [6.45, 7) is 3.62. The maximum Gasteiger partial charge on any atom is 0.263 e. The fourth-order valence-electron chi connectivity index (χ4n) is 2.28. The van der Waals surface area contributed by atoms with Gasteiger partial charge in [0, 0.05) is 12.1 Å². The van der Waals surface area contributed by atoms with Crippen LogP contribution < -0.4 is 5.32 Å². The summed E-state index contributed by atoms with van der Waals surface area (Å²) in [7, 11) is 0. The topological polar surface area (TPSA) is 82.5 Å². The fourth-order valence-corrected chi connectivity index (χ4v) is 3.27. The van der Waals surface area contributed by atoms with Crippen molar-refractivity contribution in [1.82, 2.24) is 10.3 Å². The molecular weight excluding hydrogens is 324 g/mol. The van der Waals surface area contributed by atoms with E-state index in [1.807, 2.05) is 12.1 Å². The van der Waals surface area contributed by atoms with E-state index in [9.17, 15) is 9.90 Å². The first kappa shape index (κ1) is 18.6. The van der Waals surface area contributed by atoms with Gasteiger partial charge in [-0.05, 0) is 25.3 Å². The zero-order valence-corrected chi connectivity index (χ0v) is 14.9. The van der Waals surface area contributed by atoms with Crippen LogP contribution in [0.1, 0.15) is 40.7 Å². The number of carbonyl (C=O) groups is 1. The van der Waals surface area contributed by atoms with E-state index in [4.69, 9.17) is 5.11 Å². The van der Waals surface area contributed by atoms with Crippen LogP contribution in [0.4, 0.5) is 0 Å². The molecule has 1 heterocycles. The number of nitrogens with zero attached hydrogens (tertiary/aromatic N) is 1. The highest BCUT2D eigenvalue weighted by Gasteiger charge is 2.17. The highest BCUT2D eigenvalue weighted by atomic mass is 32.1. The normalized spacial score (nSPS) is 12.2. The minimum atomic E-state index is -0.947. The number of thiazole rings is 1. The van der Waals surface area contributed by atoms with Crippen LogP contribution in [-0.2, 0) is 6.42 Å². The molecule has 0 saturated carbocycles. The van der Waals surface area contributed by atoms with Crippen LogP contribution in [0.5, 0.6) is 0 Å². The molecule has 1 atom stereocenters. The number of hydrogen-bond donors (Lipinski definition) is 3. The minimum absolute atomic E-state index is 0.0220. The molecule has 0 aliphatic heterocycles. The van der Waals surface area contributed by atoms with Crippen molar-refractivity contribution in [2.24, 2.45) is 0 Å². The summed E-state index contributed by atoms with van der Waals surface area (Å²) in [5.74, 6) is -0.275. The molecular formula is C18H24N2O3S. The molecule has 5 nitrogen and oxygen atoms in total. The molecule has 1 aromatic heterocycles. The van der Waals surface area contributed by atoms with Crippen molar-refractivity contribution in [3.63, 3.8) is 0 Å². The Balaban J connectivity index is 2.08. The average molecular weight is 348 g/mol. The third kappa shape index (κ3) is 4.87. The third-order valence-corrected chi connectivity index (χ3v) is 4.94. The van der Waals surface area contributed by atoms with Gasteiger partial charge in [0.25, 0.3) is 5.91 Å². The lowest BCUT2D eigenvalue weighted by Gasteiger charge is -2.07. The highest BCUT2D eigenvalue weighted by molar-refractivity contribution is 7.17. The summed E-state index contributed by atoms with van der Waals surface area (Å²) in [4.78, 5) is 17.2. The van der Waals surface area contributed by atoms with Crippen LogP contribution in [0.25, 0.3) is 10.6 Å². The molecule has 3 N–H and O–H groups in total. The Bertz CT molecular complexity index is 667. The van der Waals surface area contributed by atoms with Gasteiger partial charge in [-0.3, -0.25) is 4.79 Å². The maximum absolute atomic E-state index is 12.2. The average Bonchev–Trinajstić information content (AvgIpc) is 2.99. The lowest BCUT2D eigenvalue weighted by molar-refractivity contribution is 0.0804. The molecule has 0 saturated heterocycles. The number of nitrogens with one attached hydrogen (secondary N) is 1. The summed E-state index contributed by atoms with van der Waals surface area (Å²) in [6, 6.07) is 8.30. The molecule has 1 aromatic carbocycles. The molecule has 6 heteroatoms. The molecule has 2 rings (SSSR count). The fraction of sp³-hybridized carbons (Fsp3) is 0.444. The van der Waals surface area contributed by atoms with Crippen molar-refractivity contribution in [3.8, 4) is 10.6 Å². The standard InChI is InChI=1S/C18H24N2O3S/c1-3-4-5-13-6-8-14(9-7-13)18-20-12(2)16(24-18)17(23)19-10-15(22)11-21/h6-9,15,21-22H,3-5,10-11H2,1-2H3,(H,19,23). The van der Waals surface area contributed by atoms with E-state index in [1.54, 1.807) is 6.92 Å². The molecule has 2 aromatic rings. The Hall–Kier alpha value is -1.76. The van der Waals surface area contributed by atoms with Gasteiger partial charge in [0.1, 0.15) is 9.88 Å². The van der Waals surface area contributed by atoms with E-state index >= 15 is 0 Å². The second-order valence-electron chi connectivity index (χ2n) is 5.78. The van der Waals surface area contributed by atoms with Crippen LogP contribution in [0.15, 0.2) is 24.3 Å². The Morgan fingerprint density at radius 2 is 2.04 bits per heavy atom. The van der Waals surface area contributed by atoms with Crippen molar-refractivity contribution in [1.29, 1.82) is 0 Å². The highest BCUT2D eigenvalue weighted by Crippen LogP contribution is 2.28. The first-order chi connectivity index (χ1) is 11.5. The lowest BCUT2D eigenvalue weighted by Crippen LogP contribution is -2.33. The van der Waals surface area contributed by atoms with Gasteiger partial charge in [0.05, 0.1) is 18.4 Å². The van der Waals surface area contributed by atoms with Gasteiger partial charge < -0.3 is 15.5 Å². The lowest BCUT2D eigenvalue weighted by atomic mass is 10.1. The van der Waals surface area contributed by atoms with E-state index in [0.29, 0.717) is 10.6 Å². The Kier molecular flexibility index (Phi) is 6.90. The van der Waals surface area contributed by atoms with Crippen LogP contribution in [-0.4, -0.2) is 40.4 Å². The number of rotatable bonds is 8. The predicted molar refractivity (Wildman–Crippen MR) is 96.3 cm³/mol. The van der Waals surface area contributed by atoms with Gasteiger partial charge in [0.2, 0.25) is 0 Å². The summed E-state index contributed by atoms with van der Waals surface area (Å²) < 4.78 is 0. The molecule has 0 aliphatic rings. The number of carbonyl (C=O) groups excluding carboxylic acids is 1. The molecule has 0 bridgehead atoms. The summed E-state index contributed by atoms with van der Waals surface area (Å²) in [6.07, 6.45) is 2.49. The van der Waals surface area contributed by atoms with Gasteiger partial charge in [0.15, 0.2) is 0 Å². The monoisotopic (exact) mass is 348 g/mol. The zero-order valence-electron chi connectivity index (χ0n) is 14.1. The van der Waals surface area contributed by atoms with E-state index in [-0.39, 0.29) is 19.1 Å². The molecule has 0 radical (unpaired) electrons. The van der Waals surface area contributed by atoms with E-state index in [2.05, 4.69) is 29.4 Å². The van der Waals surface area contributed by atoms with Crippen LogP contribution in [0, 0.1) is 6.92 Å². The number of aryl methyl sites for hydroxylation is 2. The van der Waals surface area contributed by atoms with Crippen molar-refractivity contribution in [3.05, 3.63) is 40.4 Å². The number of hydrogen-bond acceptors (Lipinski definition) is 5. The minimum Gasteiger partial charge on any atom is -0.394 e. The zero-order chi connectivity index (χ0) is 17.5. The summed E-state index contributed by atoms with van der Waals surface area (Å²) >= 11 is 1.34. The summed E-state index contributed by atoms with van der Waals surface area (Å²) in [5.41, 5.74) is 2.98. The number of unbranched alkanes of at least 4 members (excludes halogenated alkanes) is 1. The number of aliphatic hydroxyl groups is 2.